The fourth-order valence-corrected chi connectivity index (χ4v) is 6.63. The molecular formula is C27H29NO3. The van der Waals surface area contributed by atoms with Crippen molar-refractivity contribution in [1.29, 1.82) is 0 Å². The second-order valence-corrected chi connectivity index (χ2v) is 9.78. The second kappa shape index (κ2) is 7.08. The summed E-state index contributed by atoms with van der Waals surface area (Å²) >= 11 is 0. The molecule has 4 heteroatoms. The van der Waals surface area contributed by atoms with Gasteiger partial charge >= 0.3 is 5.97 Å². The van der Waals surface area contributed by atoms with E-state index in [-0.39, 0.29) is 29.3 Å². The van der Waals surface area contributed by atoms with Gasteiger partial charge in [-0.25, -0.2) is 4.79 Å². The third kappa shape index (κ3) is 2.73. The predicted molar refractivity (Wildman–Crippen MR) is 120 cm³/mol. The van der Waals surface area contributed by atoms with E-state index in [1.54, 1.807) is 6.08 Å². The first-order valence-corrected chi connectivity index (χ1v) is 11.2. The number of ether oxygens (including phenoxy) is 1. The number of hydrogen-bond donors (Lipinski definition) is 0. The van der Waals surface area contributed by atoms with Crippen LogP contribution in [0.15, 0.2) is 66.7 Å². The van der Waals surface area contributed by atoms with Crippen molar-refractivity contribution >= 4 is 18.0 Å². The zero-order valence-electron chi connectivity index (χ0n) is 18.2. The van der Waals surface area contributed by atoms with Gasteiger partial charge in [0.15, 0.2) is 0 Å². The summed E-state index contributed by atoms with van der Waals surface area (Å²) in [5.74, 6) is 0.117. The molecule has 160 valence electrons. The second-order valence-electron chi connectivity index (χ2n) is 9.78. The Labute approximate surface area is 183 Å². The van der Waals surface area contributed by atoms with Crippen molar-refractivity contribution in [3.8, 4) is 0 Å². The fraction of sp³-hybridized carbons (Fsp3) is 0.407. The molecule has 4 atom stereocenters. The van der Waals surface area contributed by atoms with Crippen LogP contribution in [-0.4, -0.2) is 28.9 Å². The van der Waals surface area contributed by atoms with Crippen molar-refractivity contribution in [3.63, 3.8) is 0 Å². The Morgan fingerprint density at radius 2 is 1.74 bits per heavy atom. The Morgan fingerprint density at radius 3 is 2.42 bits per heavy atom. The largest absolute Gasteiger partial charge is 0.459 e. The van der Waals surface area contributed by atoms with E-state index in [9.17, 15) is 9.59 Å². The minimum absolute atomic E-state index is 0.0466. The molecule has 0 N–H and O–H groups in total. The summed E-state index contributed by atoms with van der Waals surface area (Å²) in [6, 6.07) is 19.5. The monoisotopic (exact) mass is 415 g/mol. The summed E-state index contributed by atoms with van der Waals surface area (Å²) in [7, 11) is 0. The van der Waals surface area contributed by atoms with Crippen LogP contribution in [0.1, 0.15) is 44.2 Å². The smallest absolute Gasteiger partial charge is 0.333 e. The molecule has 0 spiro atoms. The van der Waals surface area contributed by atoms with E-state index in [1.807, 2.05) is 71.6 Å². The van der Waals surface area contributed by atoms with E-state index in [4.69, 9.17) is 4.74 Å². The van der Waals surface area contributed by atoms with Crippen LogP contribution in [0.25, 0.3) is 6.08 Å². The highest BCUT2D eigenvalue weighted by atomic mass is 16.5. The van der Waals surface area contributed by atoms with Crippen LogP contribution >= 0.6 is 0 Å². The summed E-state index contributed by atoms with van der Waals surface area (Å²) in [5, 5.41) is 0. The number of rotatable bonds is 5. The molecule has 4 nitrogen and oxygen atoms in total. The number of benzene rings is 2. The van der Waals surface area contributed by atoms with Crippen LogP contribution in [0.4, 0.5) is 0 Å². The summed E-state index contributed by atoms with van der Waals surface area (Å²) in [5.41, 5.74) is 0.754. The van der Waals surface area contributed by atoms with E-state index < -0.39 is 5.54 Å². The lowest BCUT2D eigenvalue weighted by atomic mass is 9.65. The van der Waals surface area contributed by atoms with Crippen molar-refractivity contribution in [1.82, 2.24) is 4.90 Å². The molecule has 4 unspecified atom stereocenters. The Kier molecular flexibility index (Phi) is 4.58. The van der Waals surface area contributed by atoms with Crippen molar-refractivity contribution in [2.24, 2.45) is 16.7 Å². The molecule has 31 heavy (non-hydrogen) atoms. The highest BCUT2D eigenvalue weighted by Crippen LogP contribution is 2.76. The maximum atomic E-state index is 13.7. The van der Waals surface area contributed by atoms with E-state index in [0.717, 1.165) is 24.0 Å². The van der Waals surface area contributed by atoms with E-state index >= 15 is 0 Å². The predicted octanol–water partition coefficient (Wildman–Crippen LogP) is 4.85. The van der Waals surface area contributed by atoms with Gasteiger partial charge in [-0.15, -0.1) is 0 Å². The molecule has 0 aromatic heterocycles. The minimum atomic E-state index is -0.877. The Morgan fingerprint density at radius 1 is 1.06 bits per heavy atom. The molecule has 1 aliphatic heterocycles. The van der Waals surface area contributed by atoms with Gasteiger partial charge in [-0.3, -0.25) is 4.79 Å². The van der Waals surface area contributed by atoms with Crippen LogP contribution in [-0.2, 0) is 20.9 Å². The van der Waals surface area contributed by atoms with Gasteiger partial charge in [-0.1, -0.05) is 74.5 Å². The number of hydrogen-bond acceptors (Lipinski definition) is 3. The Balaban J connectivity index is 1.45. The van der Waals surface area contributed by atoms with E-state index in [2.05, 4.69) is 13.8 Å². The average Bonchev–Trinajstić information content (AvgIpc) is 3.25. The molecule has 3 aliphatic rings. The zero-order valence-corrected chi connectivity index (χ0v) is 18.2. The van der Waals surface area contributed by atoms with Gasteiger partial charge in [0, 0.05) is 18.0 Å². The number of esters is 1. The molecule has 2 aliphatic carbocycles. The molecule has 4 bridgehead atoms. The first-order valence-electron chi connectivity index (χ1n) is 11.2. The quantitative estimate of drug-likeness (QED) is 0.518. The number of carbonyl (C=O) groups excluding carboxylic acids is 2. The minimum Gasteiger partial charge on any atom is -0.459 e. The lowest BCUT2D eigenvalue weighted by Crippen LogP contribution is -2.61. The summed E-state index contributed by atoms with van der Waals surface area (Å²) < 4.78 is 5.88. The summed E-state index contributed by atoms with van der Waals surface area (Å²) in [6.07, 6.45) is 6.24. The zero-order chi connectivity index (χ0) is 21.7. The Hall–Kier alpha value is -2.88. The standard InChI is InChI=1S/C27H29NO3/c1-25-19-28(23(29)14-13-20-9-5-3-6-10-20)27(17-22(25)15-16-26(25,27)2)24(30)31-18-21-11-7-4-8-12-21/h3-14,22H,15-19H2,1-2H3. The third-order valence-corrected chi connectivity index (χ3v) is 8.59. The lowest BCUT2D eigenvalue weighted by molar-refractivity contribution is -0.169. The van der Waals surface area contributed by atoms with Crippen molar-refractivity contribution in [2.45, 2.75) is 45.3 Å². The molecule has 5 rings (SSSR count). The van der Waals surface area contributed by atoms with Gasteiger partial charge in [-0.05, 0) is 47.8 Å². The van der Waals surface area contributed by atoms with Gasteiger partial charge in [0.1, 0.15) is 12.1 Å². The molecule has 2 aromatic carbocycles. The topological polar surface area (TPSA) is 46.6 Å². The normalized spacial score (nSPS) is 33.2. The van der Waals surface area contributed by atoms with Crippen LogP contribution in [0.2, 0.25) is 0 Å². The number of amides is 1. The summed E-state index contributed by atoms with van der Waals surface area (Å²) in [4.78, 5) is 28.9. The number of piperidine rings is 1. The first kappa shape index (κ1) is 20.0. The molecule has 1 amide bonds. The third-order valence-electron chi connectivity index (χ3n) is 8.59. The van der Waals surface area contributed by atoms with Crippen molar-refractivity contribution < 1.29 is 14.3 Å². The van der Waals surface area contributed by atoms with Gasteiger partial charge in [0.2, 0.25) is 5.91 Å². The molecule has 1 heterocycles. The van der Waals surface area contributed by atoms with Crippen LogP contribution in [0.3, 0.4) is 0 Å². The fourth-order valence-electron chi connectivity index (χ4n) is 6.63. The highest BCUT2D eigenvalue weighted by molar-refractivity contribution is 5.98. The molecule has 0 radical (unpaired) electrons. The molecule has 1 saturated heterocycles. The van der Waals surface area contributed by atoms with Crippen molar-refractivity contribution in [3.05, 3.63) is 77.9 Å². The van der Waals surface area contributed by atoms with Crippen LogP contribution < -0.4 is 0 Å². The number of nitrogens with zero attached hydrogens (tertiary/aromatic N) is 1. The first-order chi connectivity index (χ1) is 14.9. The SMILES string of the molecule is CC12CN(C(=O)C=Cc3ccccc3)C3(C(=O)OCc4ccccc4)CC1CCC23C. The van der Waals surface area contributed by atoms with Crippen molar-refractivity contribution in [2.75, 3.05) is 6.54 Å². The summed E-state index contributed by atoms with van der Waals surface area (Å²) in [6.45, 7) is 5.33. The average molecular weight is 416 g/mol. The molecular weight excluding hydrogens is 386 g/mol. The lowest BCUT2D eigenvalue weighted by Gasteiger charge is -2.45. The highest BCUT2D eigenvalue weighted by Gasteiger charge is 2.81. The maximum Gasteiger partial charge on any atom is 0.333 e. The molecule has 2 saturated carbocycles. The molecule has 2 aromatic rings. The number of carbonyl (C=O) groups is 2. The van der Waals surface area contributed by atoms with Gasteiger partial charge in [-0.2, -0.15) is 0 Å². The van der Waals surface area contributed by atoms with E-state index in [1.165, 1.54) is 0 Å². The molecule has 3 fully saturated rings. The maximum absolute atomic E-state index is 13.7. The van der Waals surface area contributed by atoms with Gasteiger partial charge in [0.25, 0.3) is 0 Å². The van der Waals surface area contributed by atoms with Gasteiger partial charge < -0.3 is 9.64 Å². The Bertz CT molecular complexity index is 1030. The van der Waals surface area contributed by atoms with Crippen LogP contribution in [0, 0.1) is 16.7 Å². The van der Waals surface area contributed by atoms with E-state index in [0.29, 0.717) is 18.9 Å². The van der Waals surface area contributed by atoms with Gasteiger partial charge in [0.05, 0.1) is 0 Å². The number of likely N-dealkylation sites (tertiary alicyclic amines) is 1. The van der Waals surface area contributed by atoms with Crippen LogP contribution in [0.5, 0.6) is 0 Å².